The highest BCUT2D eigenvalue weighted by molar-refractivity contribution is 5.96. The molecule has 2 aromatic carbocycles. The van der Waals surface area contributed by atoms with Crippen LogP contribution in [0.15, 0.2) is 65.7 Å². The average Bonchev–Trinajstić information content (AvgIpc) is 3.21. The van der Waals surface area contributed by atoms with Gasteiger partial charge in [0.05, 0.1) is 28.3 Å². The van der Waals surface area contributed by atoms with E-state index in [-0.39, 0.29) is 17.4 Å². The first kappa shape index (κ1) is 19.4. The number of carbonyl (C=O) groups excluding carboxylic acids is 1. The summed E-state index contributed by atoms with van der Waals surface area (Å²) in [7, 11) is 0. The van der Waals surface area contributed by atoms with Crippen molar-refractivity contribution in [2.75, 3.05) is 5.32 Å². The van der Waals surface area contributed by atoms with E-state index in [1.54, 1.807) is 18.5 Å². The quantitative estimate of drug-likeness (QED) is 0.389. The summed E-state index contributed by atoms with van der Waals surface area (Å²) in [6.07, 6.45) is 6.43. The molecule has 3 aromatic heterocycles. The number of benzene rings is 2. The first-order chi connectivity index (χ1) is 16.2. The number of aromatic amines is 2. The van der Waals surface area contributed by atoms with Crippen molar-refractivity contribution in [3.05, 3.63) is 71.3 Å². The fraction of sp³-hybridized carbons (Fsp3) is 0.160. The molecule has 5 aromatic rings. The van der Waals surface area contributed by atoms with Gasteiger partial charge in [-0.25, -0.2) is 0 Å². The van der Waals surface area contributed by atoms with Crippen LogP contribution in [0.4, 0.5) is 5.69 Å². The fourth-order valence-electron chi connectivity index (χ4n) is 4.16. The van der Waals surface area contributed by atoms with Crippen LogP contribution in [-0.2, 0) is 4.79 Å². The molecule has 0 radical (unpaired) electrons. The normalized spacial score (nSPS) is 13.8. The van der Waals surface area contributed by atoms with Gasteiger partial charge in [-0.3, -0.25) is 19.7 Å². The van der Waals surface area contributed by atoms with Crippen molar-refractivity contribution >= 4 is 33.4 Å². The minimum atomic E-state index is -0.300. The molecule has 3 heterocycles. The van der Waals surface area contributed by atoms with E-state index in [0.717, 1.165) is 41.3 Å². The highest BCUT2D eigenvalue weighted by Crippen LogP contribution is 2.31. The van der Waals surface area contributed by atoms with Gasteiger partial charge in [-0.2, -0.15) is 10.1 Å². The second-order valence-corrected chi connectivity index (χ2v) is 8.35. The van der Waals surface area contributed by atoms with Gasteiger partial charge in [0.2, 0.25) is 5.91 Å². The second-order valence-electron chi connectivity index (χ2n) is 8.35. The average molecular weight is 436 g/mol. The lowest BCUT2D eigenvalue weighted by molar-refractivity contribution is -0.122. The molecule has 0 spiro atoms. The number of hydrogen-bond acceptors (Lipinski definition) is 5. The monoisotopic (exact) mass is 436 g/mol. The molecule has 1 saturated carbocycles. The van der Waals surface area contributed by atoms with E-state index in [2.05, 4.69) is 30.5 Å². The van der Waals surface area contributed by atoms with Crippen LogP contribution < -0.4 is 10.9 Å². The molecule has 162 valence electrons. The summed E-state index contributed by atoms with van der Waals surface area (Å²) >= 11 is 0. The predicted molar refractivity (Wildman–Crippen MR) is 127 cm³/mol. The molecule has 0 bridgehead atoms. The van der Waals surface area contributed by atoms with Crippen molar-refractivity contribution in [3.63, 3.8) is 0 Å². The molecule has 33 heavy (non-hydrogen) atoms. The lowest BCUT2D eigenvalue weighted by Crippen LogP contribution is -2.28. The minimum absolute atomic E-state index is 0.0547. The number of H-pyrrole nitrogens is 2. The predicted octanol–water partition coefficient (Wildman–Crippen LogP) is 4.27. The first-order valence-corrected chi connectivity index (χ1v) is 10.9. The third-order valence-electron chi connectivity index (χ3n) is 6.23. The zero-order valence-corrected chi connectivity index (χ0v) is 17.6. The highest BCUT2D eigenvalue weighted by Gasteiger charge is 2.25. The molecule has 0 unspecified atom stereocenters. The van der Waals surface area contributed by atoms with Crippen LogP contribution in [0.1, 0.15) is 19.3 Å². The maximum Gasteiger partial charge on any atom is 0.281 e. The number of rotatable bonds is 4. The van der Waals surface area contributed by atoms with Crippen molar-refractivity contribution in [1.29, 1.82) is 0 Å². The van der Waals surface area contributed by atoms with Gasteiger partial charge in [-0.05, 0) is 48.7 Å². The van der Waals surface area contributed by atoms with Crippen molar-refractivity contribution in [2.24, 2.45) is 5.92 Å². The number of aromatic nitrogens is 5. The van der Waals surface area contributed by atoms with E-state index >= 15 is 0 Å². The Hall–Kier alpha value is -4.33. The second kappa shape index (κ2) is 7.67. The van der Waals surface area contributed by atoms with E-state index < -0.39 is 0 Å². The lowest BCUT2D eigenvalue weighted by Gasteiger charge is -2.24. The molecule has 3 N–H and O–H groups in total. The molecule has 1 aliphatic rings. The summed E-state index contributed by atoms with van der Waals surface area (Å²) in [6, 6.07) is 15.1. The van der Waals surface area contributed by atoms with Gasteiger partial charge in [-0.15, -0.1) is 0 Å². The molecule has 1 fully saturated rings. The Balaban J connectivity index is 1.39. The molecule has 8 heteroatoms. The topological polar surface area (TPSA) is 116 Å². The zero-order valence-electron chi connectivity index (χ0n) is 17.6. The maximum atomic E-state index is 12.5. The number of nitrogens with zero attached hydrogens (tertiary/aromatic N) is 3. The lowest BCUT2D eigenvalue weighted by atomic mass is 9.85. The Morgan fingerprint density at radius 2 is 1.85 bits per heavy atom. The van der Waals surface area contributed by atoms with Crippen LogP contribution >= 0.6 is 0 Å². The number of pyridine rings is 1. The Kier molecular flexibility index (Phi) is 4.50. The van der Waals surface area contributed by atoms with Crippen LogP contribution in [-0.4, -0.2) is 31.1 Å². The Morgan fingerprint density at radius 1 is 0.970 bits per heavy atom. The minimum Gasteiger partial charge on any atom is -0.338 e. The number of anilines is 1. The van der Waals surface area contributed by atoms with Gasteiger partial charge in [0.25, 0.3) is 5.56 Å². The standard InChI is InChI=1S/C25H20N6O2/c32-24(14-4-3-5-14)27-17-10-16(12-26-13-17)15-8-9-21-19(11-15)22(31-30-21)23-28-20-7-2-1-6-18(20)25(33)29-23/h1-2,6-14H,3-5H2,(H,27,32)(H,30,31)(H,28,29,33). The maximum absolute atomic E-state index is 12.5. The molecule has 6 rings (SSSR count). The summed E-state index contributed by atoms with van der Waals surface area (Å²) in [5.41, 5.74) is 4.27. The number of carbonyl (C=O) groups is 1. The van der Waals surface area contributed by atoms with Crippen LogP contribution in [0.25, 0.3) is 44.5 Å². The van der Waals surface area contributed by atoms with Crippen molar-refractivity contribution in [1.82, 2.24) is 25.1 Å². The third-order valence-corrected chi connectivity index (χ3v) is 6.23. The molecular weight excluding hydrogens is 416 g/mol. The first-order valence-electron chi connectivity index (χ1n) is 10.9. The Bertz CT molecular complexity index is 1580. The number of nitrogens with one attached hydrogen (secondary N) is 3. The largest absolute Gasteiger partial charge is 0.338 e. The molecular formula is C25H20N6O2. The SMILES string of the molecule is O=C(Nc1cncc(-c2ccc3[nH]nc(-c4nc(=O)c5ccccc5[nH]4)c3c2)c1)C1CCC1. The number of amides is 1. The van der Waals surface area contributed by atoms with Crippen LogP contribution in [0, 0.1) is 5.92 Å². The van der Waals surface area contributed by atoms with Gasteiger partial charge >= 0.3 is 0 Å². The summed E-state index contributed by atoms with van der Waals surface area (Å²) in [4.78, 5) is 36.6. The van der Waals surface area contributed by atoms with Crippen LogP contribution in [0.5, 0.6) is 0 Å². The highest BCUT2D eigenvalue weighted by atomic mass is 16.2. The van der Waals surface area contributed by atoms with Crippen molar-refractivity contribution in [3.8, 4) is 22.6 Å². The van der Waals surface area contributed by atoms with E-state index in [4.69, 9.17) is 0 Å². The van der Waals surface area contributed by atoms with Crippen molar-refractivity contribution < 1.29 is 4.79 Å². The van der Waals surface area contributed by atoms with Gasteiger partial charge in [-0.1, -0.05) is 24.6 Å². The number of para-hydroxylation sites is 1. The summed E-state index contributed by atoms with van der Waals surface area (Å²) in [5.74, 6) is 0.566. The fourth-order valence-corrected chi connectivity index (χ4v) is 4.16. The Morgan fingerprint density at radius 3 is 2.70 bits per heavy atom. The van der Waals surface area contributed by atoms with E-state index in [9.17, 15) is 9.59 Å². The molecule has 0 saturated heterocycles. The van der Waals surface area contributed by atoms with Gasteiger partial charge in [0.15, 0.2) is 5.82 Å². The van der Waals surface area contributed by atoms with Crippen LogP contribution in [0.3, 0.4) is 0 Å². The molecule has 0 aliphatic heterocycles. The molecule has 1 amide bonds. The zero-order chi connectivity index (χ0) is 22.4. The molecule has 8 nitrogen and oxygen atoms in total. The smallest absolute Gasteiger partial charge is 0.281 e. The number of fused-ring (bicyclic) bond motifs is 2. The van der Waals surface area contributed by atoms with Gasteiger partial charge in [0.1, 0.15) is 5.69 Å². The van der Waals surface area contributed by atoms with Gasteiger partial charge in [0, 0.05) is 23.1 Å². The van der Waals surface area contributed by atoms with Gasteiger partial charge < -0.3 is 10.3 Å². The molecule has 0 atom stereocenters. The van der Waals surface area contributed by atoms with E-state index in [1.807, 2.05) is 42.5 Å². The third kappa shape index (κ3) is 3.45. The van der Waals surface area contributed by atoms with Crippen LogP contribution in [0.2, 0.25) is 0 Å². The van der Waals surface area contributed by atoms with E-state index in [1.165, 1.54) is 0 Å². The summed E-state index contributed by atoms with van der Waals surface area (Å²) in [5, 5.41) is 11.8. The van der Waals surface area contributed by atoms with Crippen molar-refractivity contribution in [2.45, 2.75) is 19.3 Å². The molecule has 1 aliphatic carbocycles. The number of hydrogen-bond donors (Lipinski definition) is 3. The van der Waals surface area contributed by atoms with E-state index in [0.29, 0.717) is 28.1 Å². The Labute approximate surface area is 188 Å². The summed E-state index contributed by atoms with van der Waals surface area (Å²) < 4.78 is 0. The summed E-state index contributed by atoms with van der Waals surface area (Å²) in [6.45, 7) is 0.